The number of nitrogens with zero attached hydrogens (tertiary/aromatic N) is 1. The molecule has 1 aromatic heterocycles. The molecule has 0 fully saturated rings. The maximum atomic E-state index is 11.6. The third-order valence-corrected chi connectivity index (χ3v) is 3.30. The first-order chi connectivity index (χ1) is 7.98. The Kier molecular flexibility index (Phi) is 2.81. The monoisotopic (exact) mass is 250 g/mol. The fourth-order valence-corrected chi connectivity index (χ4v) is 2.02. The van der Waals surface area contributed by atoms with E-state index in [0.29, 0.717) is 5.82 Å². The first-order valence-corrected chi connectivity index (χ1v) is 6.72. The summed E-state index contributed by atoms with van der Waals surface area (Å²) in [6.07, 6.45) is 2.05. The van der Waals surface area contributed by atoms with E-state index in [2.05, 4.69) is 9.97 Å². The van der Waals surface area contributed by atoms with Crippen LogP contribution < -0.4 is 5.56 Å². The average Bonchev–Trinajstić information content (AvgIpc) is 2.28. The van der Waals surface area contributed by atoms with E-state index in [1.807, 2.05) is 6.07 Å². The first-order valence-electron chi connectivity index (χ1n) is 4.83. The molecule has 2 rings (SSSR count). The highest BCUT2D eigenvalue weighted by atomic mass is 32.2. The number of H-pyrrole nitrogens is 1. The second-order valence-electron chi connectivity index (χ2n) is 3.56. The van der Waals surface area contributed by atoms with Gasteiger partial charge in [-0.2, -0.15) is 0 Å². The SMILES string of the molecule is CS(=O)(=O)c1cnc(-c2ccccc2)[nH]c1=O. The van der Waals surface area contributed by atoms with Crippen LogP contribution >= 0.6 is 0 Å². The zero-order valence-electron chi connectivity index (χ0n) is 9.04. The number of nitrogens with one attached hydrogen (secondary N) is 1. The number of sulfone groups is 1. The minimum atomic E-state index is -3.54. The third kappa shape index (κ3) is 2.42. The van der Waals surface area contributed by atoms with Crippen molar-refractivity contribution in [3.05, 3.63) is 46.9 Å². The number of benzene rings is 1. The maximum absolute atomic E-state index is 11.6. The predicted molar refractivity (Wildman–Crippen MR) is 63.4 cm³/mol. The predicted octanol–water partition coefficient (Wildman–Crippen LogP) is 0.840. The van der Waals surface area contributed by atoms with E-state index in [0.717, 1.165) is 18.0 Å². The van der Waals surface area contributed by atoms with Crippen molar-refractivity contribution < 1.29 is 8.42 Å². The lowest BCUT2D eigenvalue weighted by Gasteiger charge is -2.01. The van der Waals surface area contributed by atoms with Gasteiger partial charge in [-0.05, 0) is 0 Å². The summed E-state index contributed by atoms with van der Waals surface area (Å²) in [7, 11) is -3.54. The Morgan fingerprint density at radius 1 is 1.18 bits per heavy atom. The molecule has 0 bridgehead atoms. The van der Waals surface area contributed by atoms with Gasteiger partial charge in [0.2, 0.25) is 0 Å². The number of hydrogen-bond acceptors (Lipinski definition) is 4. The molecular formula is C11H10N2O3S. The van der Waals surface area contributed by atoms with Crippen LogP contribution in [0.2, 0.25) is 0 Å². The molecule has 0 radical (unpaired) electrons. The van der Waals surface area contributed by atoms with E-state index in [4.69, 9.17) is 0 Å². The van der Waals surface area contributed by atoms with Crippen LogP contribution in [0, 0.1) is 0 Å². The van der Waals surface area contributed by atoms with Crippen molar-refractivity contribution in [3.63, 3.8) is 0 Å². The second-order valence-corrected chi connectivity index (χ2v) is 5.55. The van der Waals surface area contributed by atoms with Gasteiger partial charge in [0.25, 0.3) is 5.56 Å². The molecule has 0 amide bonds. The molecule has 0 saturated carbocycles. The fourth-order valence-electron chi connectivity index (χ4n) is 1.39. The van der Waals surface area contributed by atoms with Crippen molar-refractivity contribution in [1.29, 1.82) is 0 Å². The Morgan fingerprint density at radius 2 is 1.82 bits per heavy atom. The van der Waals surface area contributed by atoms with Crippen LogP contribution in [0.4, 0.5) is 0 Å². The van der Waals surface area contributed by atoms with Crippen molar-refractivity contribution in [2.24, 2.45) is 0 Å². The molecule has 0 atom stereocenters. The van der Waals surface area contributed by atoms with Gasteiger partial charge >= 0.3 is 0 Å². The molecule has 0 aliphatic heterocycles. The van der Waals surface area contributed by atoms with Crippen LogP contribution in [0.3, 0.4) is 0 Å². The van der Waals surface area contributed by atoms with Crippen molar-refractivity contribution >= 4 is 9.84 Å². The third-order valence-electron chi connectivity index (χ3n) is 2.21. The van der Waals surface area contributed by atoms with Crippen molar-refractivity contribution in [2.45, 2.75) is 4.90 Å². The average molecular weight is 250 g/mol. The normalized spacial score (nSPS) is 11.4. The summed E-state index contributed by atoms with van der Waals surface area (Å²) in [5.41, 5.74) is 0.0750. The van der Waals surface area contributed by atoms with Crippen LogP contribution in [0.1, 0.15) is 0 Å². The molecule has 17 heavy (non-hydrogen) atoms. The molecule has 0 saturated heterocycles. The molecule has 0 spiro atoms. The van der Waals surface area contributed by atoms with E-state index in [1.165, 1.54) is 0 Å². The molecule has 5 nitrogen and oxygen atoms in total. The quantitative estimate of drug-likeness (QED) is 0.856. The second kappa shape index (κ2) is 4.14. The highest BCUT2D eigenvalue weighted by molar-refractivity contribution is 7.90. The minimum absolute atomic E-state index is 0.322. The van der Waals surface area contributed by atoms with E-state index < -0.39 is 15.4 Å². The Labute approximate surface area is 98.1 Å². The van der Waals surface area contributed by atoms with Gasteiger partial charge in [-0.25, -0.2) is 13.4 Å². The molecule has 88 valence electrons. The van der Waals surface area contributed by atoms with Crippen LogP contribution in [-0.4, -0.2) is 24.6 Å². The summed E-state index contributed by atoms with van der Waals surface area (Å²) in [6.45, 7) is 0. The van der Waals surface area contributed by atoms with E-state index in [1.54, 1.807) is 24.3 Å². The highest BCUT2D eigenvalue weighted by Gasteiger charge is 2.13. The molecule has 0 aliphatic rings. The van der Waals surface area contributed by atoms with Gasteiger partial charge in [0.15, 0.2) is 9.84 Å². The van der Waals surface area contributed by atoms with Crippen LogP contribution in [0.15, 0.2) is 46.2 Å². The lowest BCUT2D eigenvalue weighted by molar-refractivity contribution is 0.600. The Hall–Kier alpha value is -1.95. The fraction of sp³-hybridized carbons (Fsp3) is 0.0909. The molecule has 0 unspecified atom stereocenters. The van der Waals surface area contributed by atoms with Crippen molar-refractivity contribution in [2.75, 3.05) is 6.26 Å². The van der Waals surface area contributed by atoms with Crippen molar-refractivity contribution in [1.82, 2.24) is 9.97 Å². The van der Waals surface area contributed by atoms with Gasteiger partial charge in [-0.15, -0.1) is 0 Å². The summed E-state index contributed by atoms with van der Waals surface area (Å²) >= 11 is 0. The van der Waals surface area contributed by atoms with Crippen LogP contribution in [0.25, 0.3) is 11.4 Å². The topological polar surface area (TPSA) is 79.9 Å². The molecule has 1 aromatic carbocycles. The standard InChI is InChI=1S/C11H10N2O3S/c1-17(15,16)9-7-12-10(13-11(9)14)8-5-3-2-4-6-8/h2-7H,1H3,(H,12,13,14). The number of hydrogen-bond donors (Lipinski definition) is 1. The van der Waals surface area contributed by atoms with Crippen LogP contribution in [-0.2, 0) is 9.84 Å². The smallest absolute Gasteiger partial charge is 0.269 e. The highest BCUT2D eigenvalue weighted by Crippen LogP contribution is 2.12. The van der Waals surface area contributed by atoms with Gasteiger partial charge in [-0.1, -0.05) is 30.3 Å². The van der Waals surface area contributed by atoms with E-state index >= 15 is 0 Å². The van der Waals surface area contributed by atoms with Gasteiger partial charge in [0.1, 0.15) is 10.7 Å². The zero-order valence-corrected chi connectivity index (χ0v) is 9.86. The molecular weight excluding hydrogens is 240 g/mol. The molecule has 1 N–H and O–H groups in total. The molecule has 1 heterocycles. The van der Waals surface area contributed by atoms with Crippen LogP contribution in [0.5, 0.6) is 0 Å². The molecule has 6 heteroatoms. The van der Waals surface area contributed by atoms with Crippen molar-refractivity contribution in [3.8, 4) is 11.4 Å². The summed E-state index contributed by atoms with van der Waals surface area (Å²) in [5.74, 6) is 0.350. The maximum Gasteiger partial charge on any atom is 0.269 e. The summed E-state index contributed by atoms with van der Waals surface area (Å²) in [4.78, 5) is 17.7. The summed E-state index contributed by atoms with van der Waals surface area (Å²) in [5, 5.41) is 0. The summed E-state index contributed by atoms with van der Waals surface area (Å²) < 4.78 is 22.5. The van der Waals surface area contributed by atoms with Gasteiger partial charge in [0, 0.05) is 11.8 Å². The van der Waals surface area contributed by atoms with Gasteiger partial charge in [0.05, 0.1) is 6.20 Å². The lowest BCUT2D eigenvalue weighted by Crippen LogP contribution is -2.18. The van der Waals surface area contributed by atoms with Gasteiger partial charge in [-0.3, -0.25) is 4.79 Å². The Bertz CT molecular complexity index is 690. The number of aromatic nitrogens is 2. The zero-order chi connectivity index (χ0) is 12.5. The lowest BCUT2D eigenvalue weighted by atomic mass is 10.2. The van der Waals surface area contributed by atoms with Gasteiger partial charge < -0.3 is 4.98 Å². The largest absolute Gasteiger partial charge is 0.305 e. The van der Waals surface area contributed by atoms with E-state index in [-0.39, 0.29) is 4.90 Å². The van der Waals surface area contributed by atoms with E-state index in [9.17, 15) is 13.2 Å². The first kappa shape index (κ1) is 11.5. The Balaban J connectivity index is 2.57. The summed E-state index contributed by atoms with van der Waals surface area (Å²) in [6, 6.07) is 9.00. The molecule has 2 aromatic rings. The minimum Gasteiger partial charge on any atom is -0.305 e. The number of aromatic amines is 1. The Morgan fingerprint density at radius 3 is 2.35 bits per heavy atom. The molecule has 0 aliphatic carbocycles. The number of rotatable bonds is 2.